The molecule has 2 rings (SSSR count). The van der Waals surface area contributed by atoms with Crippen molar-refractivity contribution in [1.82, 2.24) is 4.90 Å². The van der Waals surface area contributed by atoms with E-state index in [9.17, 15) is 4.79 Å². The number of nitrogens with zero attached hydrogens (tertiary/aromatic N) is 1. The van der Waals surface area contributed by atoms with Crippen LogP contribution in [0.1, 0.15) is 18.4 Å². The van der Waals surface area contributed by atoms with Crippen LogP contribution in [0.4, 0.5) is 0 Å². The minimum absolute atomic E-state index is 0.315. The summed E-state index contributed by atoms with van der Waals surface area (Å²) in [7, 11) is 0. The number of rotatable bonds is 3. The summed E-state index contributed by atoms with van der Waals surface area (Å²) in [5.74, 6) is -0.717. The predicted molar refractivity (Wildman–Crippen MR) is 49.8 cm³/mol. The molecule has 76 valence electrons. The van der Waals surface area contributed by atoms with Crippen LogP contribution < -0.4 is 0 Å². The smallest absolute Gasteiger partial charge is 0.320 e. The van der Waals surface area contributed by atoms with Crippen molar-refractivity contribution in [2.24, 2.45) is 0 Å². The van der Waals surface area contributed by atoms with E-state index in [0.29, 0.717) is 6.54 Å². The number of likely N-dealkylation sites (tertiary alicyclic amines) is 1. The van der Waals surface area contributed by atoms with Gasteiger partial charge in [-0.25, -0.2) is 0 Å². The third-order valence-electron chi connectivity index (χ3n) is 2.61. The summed E-state index contributed by atoms with van der Waals surface area (Å²) in [6, 6.07) is 1.56. The summed E-state index contributed by atoms with van der Waals surface area (Å²) >= 11 is 0. The first-order valence-electron chi connectivity index (χ1n) is 4.75. The standard InChI is InChI=1S/C10H13NO3/c12-10(13)9-2-1-4-11(9)6-8-3-5-14-7-8/h3,5,7,9H,1-2,4,6H2,(H,12,13). The lowest BCUT2D eigenvalue weighted by molar-refractivity contribution is -0.142. The van der Waals surface area contributed by atoms with Crippen molar-refractivity contribution >= 4 is 5.97 Å². The SMILES string of the molecule is O=C(O)C1CCCN1Cc1ccoc1. The highest BCUT2D eigenvalue weighted by molar-refractivity contribution is 5.73. The van der Waals surface area contributed by atoms with E-state index in [1.165, 1.54) is 0 Å². The van der Waals surface area contributed by atoms with Gasteiger partial charge in [0.1, 0.15) is 6.04 Å². The monoisotopic (exact) mass is 195 g/mol. The van der Waals surface area contributed by atoms with E-state index in [4.69, 9.17) is 9.52 Å². The molecule has 1 N–H and O–H groups in total. The molecule has 2 heterocycles. The van der Waals surface area contributed by atoms with Crippen LogP contribution in [0.5, 0.6) is 0 Å². The number of aliphatic carboxylic acids is 1. The molecule has 1 aromatic rings. The van der Waals surface area contributed by atoms with Gasteiger partial charge < -0.3 is 9.52 Å². The van der Waals surface area contributed by atoms with Crippen LogP contribution in [-0.2, 0) is 11.3 Å². The van der Waals surface area contributed by atoms with Crippen molar-refractivity contribution < 1.29 is 14.3 Å². The van der Waals surface area contributed by atoms with E-state index in [2.05, 4.69) is 0 Å². The lowest BCUT2D eigenvalue weighted by Gasteiger charge is -2.19. The minimum Gasteiger partial charge on any atom is -0.480 e. The van der Waals surface area contributed by atoms with Crippen molar-refractivity contribution in [2.75, 3.05) is 6.54 Å². The van der Waals surface area contributed by atoms with E-state index in [-0.39, 0.29) is 6.04 Å². The molecular weight excluding hydrogens is 182 g/mol. The van der Waals surface area contributed by atoms with Gasteiger partial charge in [-0.1, -0.05) is 0 Å². The summed E-state index contributed by atoms with van der Waals surface area (Å²) in [5, 5.41) is 8.95. The molecule has 1 aliphatic heterocycles. The first kappa shape index (κ1) is 9.27. The molecule has 1 saturated heterocycles. The van der Waals surface area contributed by atoms with E-state index < -0.39 is 5.97 Å². The van der Waals surface area contributed by atoms with Crippen LogP contribution in [0.2, 0.25) is 0 Å². The quantitative estimate of drug-likeness (QED) is 0.790. The Hall–Kier alpha value is -1.29. The maximum Gasteiger partial charge on any atom is 0.320 e. The van der Waals surface area contributed by atoms with Crippen molar-refractivity contribution in [2.45, 2.75) is 25.4 Å². The molecular formula is C10H13NO3. The zero-order valence-corrected chi connectivity index (χ0v) is 7.85. The molecule has 0 aromatic carbocycles. The Labute approximate surface area is 82.1 Å². The maximum absolute atomic E-state index is 10.9. The summed E-state index contributed by atoms with van der Waals surface area (Å²) in [4.78, 5) is 12.9. The predicted octanol–water partition coefficient (Wildman–Crippen LogP) is 1.33. The van der Waals surface area contributed by atoms with Gasteiger partial charge in [-0.3, -0.25) is 9.69 Å². The zero-order chi connectivity index (χ0) is 9.97. The Kier molecular flexibility index (Phi) is 2.54. The largest absolute Gasteiger partial charge is 0.480 e. The normalized spacial score (nSPS) is 22.7. The van der Waals surface area contributed by atoms with Gasteiger partial charge in [0.2, 0.25) is 0 Å². The van der Waals surface area contributed by atoms with E-state index in [1.54, 1.807) is 12.5 Å². The third-order valence-corrected chi connectivity index (χ3v) is 2.61. The van der Waals surface area contributed by atoms with Gasteiger partial charge >= 0.3 is 5.97 Å². The molecule has 1 fully saturated rings. The fourth-order valence-corrected chi connectivity index (χ4v) is 1.91. The summed E-state index contributed by atoms with van der Waals surface area (Å²) < 4.78 is 4.95. The number of carboxylic acid groups (broad SMARTS) is 1. The van der Waals surface area contributed by atoms with Crippen LogP contribution >= 0.6 is 0 Å². The van der Waals surface area contributed by atoms with Crippen LogP contribution in [0.3, 0.4) is 0 Å². The van der Waals surface area contributed by atoms with Crippen LogP contribution in [-0.4, -0.2) is 28.6 Å². The number of carboxylic acids is 1. The second-order valence-electron chi connectivity index (χ2n) is 3.60. The Morgan fingerprint density at radius 3 is 3.21 bits per heavy atom. The van der Waals surface area contributed by atoms with Crippen LogP contribution in [0.25, 0.3) is 0 Å². The van der Waals surface area contributed by atoms with Gasteiger partial charge in [-0.2, -0.15) is 0 Å². The van der Waals surface area contributed by atoms with E-state index in [0.717, 1.165) is 24.9 Å². The number of hydrogen-bond donors (Lipinski definition) is 1. The van der Waals surface area contributed by atoms with Crippen molar-refractivity contribution in [3.63, 3.8) is 0 Å². The van der Waals surface area contributed by atoms with Gasteiger partial charge in [0.25, 0.3) is 0 Å². The van der Waals surface area contributed by atoms with Gasteiger partial charge in [0, 0.05) is 12.1 Å². The molecule has 0 saturated carbocycles. The number of carbonyl (C=O) groups is 1. The Balaban J connectivity index is 2.00. The molecule has 0 aliphatic carbocycles. The average Bonchev–Trinajstić information content (AvgIpc) is 2.75. The van der Waals surface area contributed by atoms with E-state index in [1.807, 2.05) is 11.0 Å². The van der Waals surface area contributed by atoms with Gasteiger partial charge in [0.15, 0.2) is 0 Å². The fourth-order valence-electron chi connectivity index (χ4n) is 1.91. The molecule has 1 aliphatic rings. The topological polar surface area (TPSA) is 53.7 Å². The number of hydrogen-bond acceptors (Lipinski definition) is 3. The van der Waals surface area contributed by atoms with Crippen LogP contribution in [0.15, 0.2) is 23.0 Å². The third kappa shape index (κ3) is 1.80. The molecule has 0 amide bonds. The Morgan fingerprint density at radius 2 is 2.57 bits per heavy atom. The summed E-state index contributed by atoms with van der Waals surface area (Å²) in [5.41, 5.74) is 1.04. The highest BCUT2D eigenvalue weighted by atomic mass is 16.4. The van der Waals surface area contributed by atoms with Gasteiger partial charge in [0.05, 0.1) is 12.5 Å². The fraction of sp³-hybridized carbons (Fsp3) is 0.500. The molecule has 4 nitrogen and oxygen atoms in total. The molecule has 1 atom stereocenters. The Bertz CT molecular complexity index is 307. The lowest BCUT2D eigenvalue weighted by Crippen LogP contribution is -2.35. The average molecular weight is 195 g/mol. The first-order valence-corrected chi connectivity index (χ1v) is 4.75. The van der Waals surface area contributed by atoms with Gasteiger partial charge in [-0.15, -0.1) is 0 Å². The second kappa shape index (κ2) is 3.84. The van der Waals surface area contributed by atoms with E-state index >= 15 is 0 Å². The Morgan fingerprint density at radius 1 is 1.71 bits per heavy atom. The van der Waals surface area contributed by atoms with Crippen molar-refractivity contribution in [3.8, 4) is 0 Å². The highest BCUT2D eigenvalue weighted by Crippen LogP contribution is 2.20. The molecule has 0 radical (unpaired) electrons. The second-order valence-corrected chi connectivity index (χ2v) is 3.60. The molecule has 1 unspecified atom stereocenters. The number of furan rings is 1. The summed E-state index contributed by atoms with van der Waals surface area (Å²) in [6.07, 6.45) is 5.00. The molecule has 0 bridgehead atoms. The first-order chi connectivity index (χ1) is 6.77. The van der Waals surface area contributed by atoms with Crippen molar-refractivity contribution in [1.29, 1.82) is 0 Å². The minimum atomic E-state index is -0.717. The lowest BCUT2D eigenvalue weighted by atomic mass is 10.2. The summed E-state index contributed by atoms with van der Waals surface area (Å²) in [6.45, 7) is 1.54. The molecule has 4 heteroatoms. The van der Waals surface area contributed by atoms with Crippen molar-refractivity contribution in [3.05, 3.63) is 24.2 Å². The van der Waals surface area contributed by atoms with Gasteiger partial charge in [-0.05, 0) is 25.5 Å². The zero-order valence-electron chi connectivity index (χ0n) is 7.85. The molecule has 14 heavy (non-hydrogen) atoms. The highest BCUT2D eigenvalue weighted by Gasteiger charge is 2.30. The molecule has 1 aromatic heterocycles. The molecule has 0 spiro atoms. The maximum atomic E-state index is 10.9. The van der Waals surface area contributed by atoms with Crippen LogP contribution in [0, 0.1) is 0 Å².